The summed E-state index contributed by atoms with van der Waals surface area (Å²) >= 11 is 0. The number of aliphatic hydroxyl groups excluding tert-OH is 1. The van der Waals surface area contributed by atoms with Gasteiger partial charge < -0.3 is 29.7 Å². The highest BCUT2D eigenvalue weighted by Gasteiger charge is 2.74. The number of aryl methyl sites for hydroxylation is 2. The van der Waals surface area contributed by atoms with Crippen LogP contribution in [0.25, 0.3) is 0 Å². The third kappa shape index (κ3) is 6.62. The lowest BCUT2D eigenvalue weighted by Crippen LogP contribution is -2.56. The maximum atomic E-state index is 14.7. The number of hydrogen-bond acceptors (Lipinski definition) is 7. The van der Waals surface area contributed by atoms with Crippen molar-refractivity contribution in [1.82, 2.24) is 10.2 Å². The van der Waals surface area contributed by atoms with Crippen LogP contribution in [0.2, 0.25) is 0 Å². The molecule has 10 nitrogen and oxygen atoms in total. The number of allylic oxidation sites excluding steroid dienone is 1. The van der Waals surface area contributed by atoms with E-state index in [1.165, 1.54) is 4.90 Å². The highest BCUT2D eigenvalue weighted by atomic mass is 16.5. The van der Waals surface area contributed by atoms with Crippen LogP contribution in [-0.2, 0) is 28.7 Å². The van der Waals surface area contributed by atoms with Crippen LogP contribution >= 0.6 is 0 Å². The Hall–Kier alpha value is -4.28. The number of nitrogens with one attached hydrogen (secondary N) is 1. The van der Waals surface area contributed by atoms with Gasteiger partial charge in [0.2, 0.25) is 11.8 Å². The molecule has 3 aliphatic rings. The number of fused-ring (bicyclic) bond motifs is 1. The van der Waals surface area contributed by atoms with Crippen LogP contribution in [-0.4, -0.2) is 77.7 Å². The number of nitrogens with zero attached hydrogens (tertiary/aromatic N) is 2. The summed E-state index contributed by atoms with van der Waals surface area (Å²) < 4.78 is 12.1. The topological polar surface area (TPSA) is 125 Å². The molecule has 3 heterocycles. The Morgan fingerprint density at radius 2 is 1.94 bits per heavy atom. The van der Waals surface area contributed by atoms with E-state index in [-0.39, 0.29) is 51.0 Å². The Kier molecular flexibility index (Phi) is 10.6. The SMILES string of the molecule is C=CCCC(=O)OC[C@H](NC(=O)[C@@H]1[C@H]2C(=O)N(CCCO)[C@H](C(=O)N(CC=C)c3cc(C)ccc3C)[C@]23CC[C@H]1O3)c1ccccc1. The maximum absolute atomic E-state index is 14.7. The van der Waals surface area contributed by atoms with Gasteiger partial charge in [0.05, 0.1) is 24.0 Å². The third-order valence-corrected chi connectivity index (χ3v) is 9.61. The first-order valence-corrected chi connectivity index (χ1v) is 16.4. The molecule has 2 aromatic rings. The van der Waals surface area contributed by atoms with Crippen molar-refractivity contribution in [1.29, 1.82) is 0 Å². The van der Waals surface area contributed by atoms with Crippen LogP contribution in [0.3, 0.4) is 0 Å². The van der Waals surface area contributed by atoms with E-state index in [0.29, 0.717) is 19.3 Å². The summed E-state index contributed by atoms with van der Waals surface area (Å²) in [6.07, 6.45) is 4.63. The molecule has 0 unspecified atom stereocenters. The number of anilines is 1. The van der Waals surface area contributed by atoms with Gasteiger partial charge in [-0.25, -0.2) is 0 Å². The molecule has 3 saturated heterocycles. The number of aliphatic hydroxyl groups is 1. The molecule has 5 rings (SSSR count). The lowest BCUT2D eigenvalue weighted by Gasteiger charge is -2.37. The molecule has 2 N–H and O–H groups in total. The van der Waals surface area contributed by atoms with Crippen LogP contribution in [0.5, 0.6) is 0 Å². The average molecular weight is 644 g/mol. The second kappa shape index (κ2) is 14.6. The van der Waals surface area contributed by atoms with Crippen molar-refractivity contribution in [3.63, 3.8) is 0 Å². The van der Waals surface area contributed by atoms with Crippen molar-refractivity contribution in [2.24, 2.45) is 11.8 Å². The minimum Gasteiger partial charge on any atom is -0.463 e. The lowest BCUT2D eigenvalue weighted by molar-refractivity contribution is -0.146. The van der Waals surface area contributed by atoms with E-state index in [0.717, 1.165) is 22.4 Å². The number of likely N-dealkylation sites (tertiary alicyclic amines) is 1. The quantitative estimate of drug-likeness (QED) is 0.223. The Labute approximate surface area is 276 Å². The summed E-state index contributed by atoms with van der Waals surface area (Å²) in [5.74, 6) is -3.15. The number of amides is 3. The first-order valence-electron chi connectivity index (χ1n) is 16.4. The molecule has 0 aliphatic carbocycles. The van der Waals surface area contributed by atoms with Gasteiger partial charge in [0.1, 0.15) is 18.2 Å². The fourth-order valence-electron chi connectivity index (χ4n) is 7.45. The molecule has 0 aromatic heterocycles. The summed E-state index contributed by atoms with van der Waals surface area (Å²) in [5.41, 5.74) is 2.15. The Morgan fingerprint density at radius 1 is 1.17 bits per heavy atom. The minimum atomic E-state index is -1.20. The fraction of sp³-hybridized carbons (Fsp3) is 0.459. The maximum Gasteiger partial charge on any atom is 0.306 e. The summed E-state index contributed by atoms with van der Waals surface area (Å²) in [4.78, 5) is 58.7. The second-order valence-electron chi connectivity index (χ2n) is 12.7. The fourth-order valence-corrected chi connectivity index (χ4v) is 7.45. The minimum absolute atomic E-state index is 0.0795. The van der Waals surface area contributed by atoms with Gasteiger partial charge in [0.15, 0.2) is 0 Å². The van der Waals surface area contributed by atoms with Crippen LogP contribution in [0.15, 0.2) is 73.8 Å². The highest BCUT2D eigenvalue weighted by Crippen LogP contribution is 2.58. The van der Waals surface area contributed by atoms with Gasteiger partial charge in [0.25, 0.3) is 5.91 Å². The predicted octanol–water partition coefficient (Wildman–Crippen LogP) is 3.95. The van der Waals surface area contributed by atoms with E-state index in [9.17, 15) is 24.3 Å². The smallest absolute Gasteiger partial charge is 0.306 e. The first-order chi connectivity index (χ1) is 22.7. The van der Waals surface area contributed by atoms with Crippen LogP contribution in [0, 0.1) is 25.7 Å². The summed E-state index contributed by atoms with van der Waals surface area (Å²) in [6, 6.07) is 13.5. The molecule has 0 radical (unpaired) electrons. The molecular weight excluding hydrogens is 598 g/mol. The summed E-state index contributed by atoms with van der Waals surface area (Å²) in [5, 5.41) is 12.8. The van der Waals surface area contributed by atoms with E-state index >= 15 is 0 Å². The van der Waals surface area contributed by atoms with Crippen LogP contribution < -0.4 is 10.2 Å². The van der Waals surface area contributed by atoms with Crippen LogP contribution in [0.4, 0.5) is 5.69 Å². The first kappa shape index (κ1) is 34.1. The van der Waals surface area contributed by atoms with Gasteiger partial charge in [-0.15, -0.1) is 13.2 Å². The lowest BCUT2D eigenvalue weighted by atomic mass is 9.70. The van der Waals surface area contributed by atoms with Gasteiger partial charge in [0, 0.05) is 31.8 Å². The van der Waals surface area contributed by atoms with E-state index in [4.69, 9.17) is 9.47 Å². The highest BCUT2D eigenvalue weighted by molar-refractivity contribution is 6.05. The molecule has 250 valence electrons. The number of benzene rings is 2. The van der Waals surface area contributed by atoms with Crippen molar-refractivity contribution < 1.29 is 33.8 Å². The molecule has 47 heavy (non-hydrogen) atoms. The third-order valence-electron chi connectivity index (χ3n) is 9.61. The van der Waals surface area contributed by atoms with Crippen molar-refractivity contribution in [2.75, 3.05) is 31.2 Å². The summed E-state index contributed by atoms with van der Waals surface area (Å²) in [7, 11) is 0. The van der Waals surface area contributed by atoms with Gasteiger partial charge >= 0.3 is 5.97 Å². The molecule has 0 saturated carbocycles. The zero-order valence-corrected chi connectivity index (χ0v) is 27.2. The summed E-state index contributed by atoms with van der Waals surface area (Å²) in [6.45, 7) is 11.5. The number of hydrogen-bond donors (Lipinski definition) is 2. The van der Waals surface area contributed by atoms with Gasteiger partial charge in [-0.1, -0.05) is 54.6 Å². The zero-order chi connectivity index (χ0) is 33.7. The van der Waals surface area contributed by atoms with Gasteiger partial charge in [-0.05, 0) is 62.3 Å². The van der Waals surface area contributed by atoms with E-state index in [1.54, 1.807) is 17.1 Å². The largest absolute Gasteiger partial charge is 0.463 e. The zero-order valence-electron chi connectivity index (χ0n) is 27.2. The van der Waals surface area contributed by atoms with Crippen molar-refractivity contribution in [3.8, 4) is 0 Å². The Balaban J connectivity index is 1.46. The molecule has 3 amide bonds. The number of carbonyl (C=O) groups is 4. The molecule has 1 spiro atoms. The van der Waals surface area contributed by atoms with E-state index in [2.05, 4.69) is 18.5 Å². The van der Waals surface area contributed by atoms with Crippen LogP contribution in [0.1, 0.15) is 54.8 Å². The average Bonchev–Trinajstić information content (AvgIpc) is 3.72. The van der Waals surface area contributed by atoms with E-state index in [1.807, 2.05) is 62.4 Å². The van der Waals surface area contributed by atoms with Crippen molar-refractivity contribution in [2.45, 2.75) is 69.7 Å². The number of ether oxygens (including phenoxy) is 2. The molecule has 2 aromatic carbocycles. The Bertz CT molecular complexity index is 1510. The van der Waals surface area contributed by atoms with E-state index < -0.39 is 47.5 Å². The second-order valence-corrected chi connectivity index (χ2v) is 12.7. The molecule has 3 aliphatic heterocycles. The number of esters is 1. The molecular formula is C37H45N3O7. The molecule has 3 fully saturated rings. The number of rotatable bonds is 15. The molecule has 10 heteroatoms. The normalized spacial score (nSPS) is 24.8. The predicted molar refractivity (Wildman–Crippen MR) is 177 cm³/mol. The monoisotopic (exact) mass is 643 g/mol. The molecule has 2 bridgehead atoms. The standard InChI is InChI=1S/C37H45N3O7/c1-5-7-14-30(42)46-23-27(26-12-9-8-10-13-26)38-34(43)31-29-17-18-37(47-29)32(31)35(44)40(20-11-21-41)33(37)36(45)39(19-6-2)28-22-24(3)15-16-25(28)4/h5-6,8-10,12-13,15-16,22,27,29,31-33,41H,1-2,7,11,14,17-21,23H2,3-4H3,(H,38,43)/t27-,29+,31-,32-,33+,37-/m0/s1. The molecule has 6 atom stereocenters. The van der Waals surface area contributed by atoms with Gasteiger partial charge in [-0.2, -0.15) is 0 Å². The van der Waals surface area contributed by atoms with Gasteiger partial charge in [-0.3, -0.25) is 19.2 Å². The van der Waals surface area contributed by atoms with Crippen molar-refractivity contribution in [3.05, 3.63) is 90.5 Å². The number of carbonyl (C=O) groups excluding carboxylic acids is 4. The Morgan fingerprint density at radius 3 is 2.64 bits per heavy atom. The van der Waals surface area contributed by atoms with Crippen molar-refractivity contribution >= 4 is 29.4 Å².